The Hall–Kier alpha value is -1.11. The standard InChI is InChI=1S/C14H19N.C2H6/c1-3-6-11(2)13-9-12-7-4-5-8-14(12)15-10-13;1-2/h5,8-11H,3-4,6-7H2,1-2H3;1-2H3. The quantitative estimate of drug-likeness (QED) is 0.715. The molecule has 0 spiro atoms. The minimum absolute atomic E-state index is 0.652. The normalized spacial score (nSPS) is 14.6. The van der Waals surface area contributed by atoms with E-state index in [1.807, 2.05) is 13.8 Å². The molecule has 1 aliphatic carbocycles. The van der Waals surface area contributed by atoms with Crippen molar-refractivity contribution in [2.45, 2.75) is 59.3 Å². The third kappa shape index (κ3) is 3.69. The summed E-state index contributed by atoms with van der Waals surface area (Å²) in [6.07, 6.45) is 11.2. The predicted octanol–water partition coefficient (Wildman–Crippen LogP) is 4.97. The second kappa shape index (κ2) is 7.26. The molecule has 0 aliphatic heterocycles. The van der Waals surface area contributed by atoms with Gasteiger partial charge >= 0.3 is 0 Å². The first kappa shape index (κ1) is 14.0. The molecule has 1 heterocycles. The fourth-order valence-corrected chi connectivity index (χ4v) is 2.19. The maximum atomic E-state index is 4.54. The van der Waals surface area contributed by atoms with Crippen LogP contribution in [0.15, 0.2) is 18.3 Å². The minimum atomic E-state index is 0.652. The molecule has 2 rings (SSSR count). The summed E-state index contributed by atoms with van der Waals surface area (Å²) in [5.41, 5.74) is 4.01. The fourth-order valence-electron chi connectivity index (χ4n) is 2.19. The van der Waals surface area contributed by atoms with E-state index in [9.17, 15) is 0 Å². The van der Waals surface area contributed by atoms with Gasteiger partial charge in [0, 0.05) is 6.20 Å². The molecule has 1 aromatic heterocycles. The molecule has 17 heavy (non-hydrogen) atoms. The summed E-state index contributed by atoms with van der Waals surface area (Å²) >= 11 is 0. The number of nitrogens with zero attached hydrogens (tertiary/aromatic N) is 1. The average molecular weight is 231 g/mol. The molecule has 0 aromatic carbocycles. The van der Waals surface area contributed by atoms with Gasteiger partial charge in [0.25, 0.3) is 0 Å². The van der Waals surface area contributed by atoms with Gasteiger partial charge in [-0.25, -0.2) is 0 Å². The van der Waals surface area contributed by atoms with E-state index in [0.717, 1.165) is 6.42 Å². The topological polar surface area (TPSA) is 12.9 Å². The van der Waals surface area contributed by atoms with E-state index in [0.29, 0.717) is 5.92 Å². The van der Waals surface area contributed by atoms with Crippen molar-refractivity contribution in [2.75, 3.05) is 0 Å². The van der Waals surface area contributed by atoms with Crippen LogP contribution in [0.5, 0.6) is 0 Å². The molecule has 0 radical (unpaired) electrons. The lowest BCUT2D eigenvalue weighted by atomic mass is 9.93. The van der Waals surface area contributed by atoms with Gasteiger partial charge in [-0.3, -0.25) is 4.98 Å². The Balaban J connectivity index is 0.000000686. The van der Waals surface area contributed by atoms with E-state index >= 15 is 0 Å². The Kier molecular flexibility index (Phi) is 5.96. The summed E-state index contributed by atoms with van der Waals surface area (Å²) in [5, 5.41) is 0. The van der Waals surface area contributed by atoms with Crippen LogP contribution in [0, 0.1) is 0 Å². The van der Waals surface area contributed by atoms with Gasteiger partial charge < -0.3 is 0 Å². The van der Waals surface area contributed by atoms with Gasteiger partial charge in [0.15, 0.2) is 0 Å². The number of aryl methyl sites for hydroxylation is 1. The summed E-state index contributed by atoms with van der Waals surface area (Å²) < 4.78 is 0. The van der Waals surface area contributed by atoms with Gasteiger partial charge in [0.05, 0.1) is 5.69 Å². The van der Waals surface area contributed by atoms with Crippen LogP contribution in [0.4, 0.5) is 0 Å². The number of aromatic nitrogens is 1. The van der Waals surface area contributed by atoms with Gasteiger partial charge in [0.2, 0.25) is 0 Å². The molecule has 0 bridgehead atoms. The van der Waals surface area contributed by atoms with Crippen molar-refractivity contribution in [1.82, 2.24) is 4.98 Å². The predicted molar refractivity (Wildman–Crippen MR) is 76.3 cm³/mol. The SMILES string of the molecule is CC.CCCC(C)c1cnc2c(c1)CCC=C2. The second-order valence-electron chi connectivity index (χ2n) is 4.44. The van der Waals surface area contributed by atoms with Crippen molar-refractivity contribution < 1.29 is 0 Å². The number of pyridine rings is 1. The molecule has 1 unspecified atom stereocenters. The van der Waals surface area contributed by atoms with E-state index in [1.54, 1.807) is 0 Å². The lowest BCUT2D eigenvalue weighted by Gasteiger charge is -2.15. The van der Waals surface area contributed by atoms with Crippen LogP contribution in [0.1, 0.15) is 69.7 Å². The second-order valence-corrected chi connectivity index (χ2v) is 4.44. The summed E-state index contributed by atoms with van der Waals surface area (Å²) in [7, 11) is 0. The van der Waals surface area contributed by atoms with Crippen molar-refractivity contribution in [3.05, 3.63) is 35.2 Å². The van der Waals surface area contributed by atoms with Crippen molar-refractivity contribution >= 4 is 6.08 Å². The van der Waals surface area contributed by atoms with E-state index in [4.69, 9.17) is 0 Å². The summed E-state index contributed by atoms with van der Waals surface area (Å²) in [6.45, 7) is 8.54. The van der Waals surface area contributed by atoms with Gasteiger partial charge in [-0.05, 0) is 42.4 Å². The Bertz CT molecular complexity index is 366. The molecule has 1 heteroatoms. The number of hydrogen-bond donors (Lipinski definition) is 0. The van der Waals surface area contributed by atoms with Crippen molar-refractivity contribution in [3.8, 4) is 0 Å². The van der Waals surface area contributed by atoms with Crippen LogP contribution in [-0.2, 0) is 6.42 Å². The Morgan fingerprint density at radius 1 is 1.35 bits per heavy atom. The van der Waals surface area contributed by atoms with Gasteiger partial charge in [-0.15, -0.1) is 0 Å². The maximum absolute atomic E-state index is 4.54. The number of rotatable bonds is 3. The average Bonchev–Trinajstić information content (AvgIpc) is 2.41. The van der Waals surface area contributed by atoms with Crippen molar-refractivity contribution in [3.63, 3.8) is 0 Å². The minimum Gasteiger partial charge on any atom is -0.256 e. The molecule has 1 nitrogen and oxygen atoms in total. The molecule has 94 valence electrons. The van der Waals surface area contributed by atoms with Crippen LogP contribution in [0.25, 0.3) is 6.08 Å². The van der Waals surface area contributed by atoms with E-state index in [1.165, 1.54) is 36.1 Å². The third-order valence-corrected chi connectivity index (χ3v) is 3.17. The lowest BCUT2D eigenvalue weighted by Crippen LogP contribution is -2.01. The van der Waals surface area contributed by atoms with Crippen LogP contribution >= 0.6 is 0 Å². The summed E-state index contributed by atoms with van der Waals surface area (Å²) in [4.78, 5) is 4.54. The Morgan fingerprint density at radius 3 is 2.82 bits per heavy atom. The largest absolute Gasteiger partial charge is 0.256 e. The molecule has 0 saturated carbocycles. The van der Waals surface area contributed by atoms with Gasteiger partial charge in [0.1, 0.15) is 0 Å². The highest BCUT2D eigenvalue weighted by molar-refractivity contribution is 5.52. The van der Waals surface area contributed by atoms with Crippen LogP contribution < -0.4 is 0 Å². The fraction of sp³-hybridized carbons (Fsp3) is 0.562. The molecule has 0 N–H and O–H groups in total. The smallest absolute Gasteiger partial charge is 0.0658 e. The maximum Gasteiger partial charge on any atom is 0.0658 e. The number of fused-ring (bicyclic) bond motifs is 1. The van der Waals surface area contributed by atoms with E-state index in [2.05, 4.69) is 43.2 Å². The van der Waals surface area contributed by atoms with E-state index < -0.39 is 0 Å². The molecule has 1 aliphatic rings. The highest BCUT2D eigenvalue weighted by Crippen LogP contribution is 2.24. The Morgan fingerprint density at radius 2 is 2.12 bits per heavy atom. The van der Waals surface area contributed by atoms with Gasteiger partial charge in [-0.2, -0.15) is 0 Å². The lowest BCUT2D eigenvalue weighted by molar-refractivity contribution is 0.660. The van der Waals surface area contributed by atoms with Gasteiger partial charge in [-0.1, -0.05) is 46.3 Å². The first-order valence-corrected chi connectivity index (χ1v) is 6.96. The summed E-state index contributed by atoms with van der Waals surface area (Å²) in [6, 6.07) is 2.35. The third-order valence-electron chi connectivity index (χ3n) is 3.17. The van der Waals surface area contributed by atoms with E-state index in [-0.39, 0.29) is 0 Å². The Labute approximate surface area is 106 Å². The highest BCUT2D eigenvalue weighted by atomic mass is 14.7. The van der Waals surface area contributed by atoms with Crippen molar-refractivity contribution in [2.24, 2.45) is 0 Å². The highest BCUT2D eigenvalue weighted by Gasteiger charge is 2.10. The zero-order valence-electron chi connectivity index (χ0n) is 11.7. The van der Waals surface area contributed by atoms with Crippen LogP contribution in [0.2, 0.25) is 0 Å². The summed E-state index contributed by atoms with van der Waals surface area (Å²) in [5.74, 6) is 0.652. The molecule has 1 aromatic rings. The first-order chi connectivity index (χ1) is 8.31. The molecular weight excluding hydrogens is 206 g/mol. The first-order valence-electron chi connectivity index (χ1n) is 6.96. The zero-order chi connectivity index (χ0) is 12.7. The molecular formula is C16H25N. The van der Waals surface area contributed by atoms with Crippen LogP contribution in [-0.4, -0.2) is 4.98 Å². The monoisotopic (exact) mass is 231 g/mol. The molecule has 1 atom stereocenters. The number of allylic oxidation sites excluding steroid dienone is 1. The molecule has 0 saturated heterocycles. The molecule has 0 fully saturated rings. The number of hydrogen-bond acceptors (Lipinski definition) is 1. The van der Waals surface area contributed by atoms with Crippen molar-refractivity contribution in [1.29, 1.82) is 0 Å². The zero-order valence-corrected chi connectivity index (χ0v) is 11.7. The molecule has 0 amide bonds. The van der Waals surface area contributed by atoms with Crippen LogP contribution in [0.3, 0.4) is 0 Å².